The first-order valence-electron chi connectivity index (χ1n) is 4.78. The molecule has 0 aliphatic heterocycles. The van der Waals surface area contributed by atoms with Gasteiger partial charge >= 0.3 is 5.97 Å². The van der Waals surface area contributed by atoms with Gasteiger partial charge in [-0.1, -0.05) is 0 Å². The molecule has 0 aliphatic carbocycles. The monoisotopic (exact) mass is 251 g/mol. The van der Waals surface area contributed by atoms with Gasteiger partial charge in [-0.3, -0.25) is 9.59 Å². The van der Waals surface area contributed by atoms with Crippen LogP contribution in [-0.2, 0) is 24.2 Å². The van der Waals surface area contributed by atoms with E-state index in [1.807, 2.05) is 0 Å². The number of methoxy groups -OCH3 is 1. The van der Waals surface area contributed by atoms with E-state index in [2.05, 4.69) is 4.74 Å². The number of hydrogen-bond donors (Lipinski definition) is 0. The fraction of sp³-hybridized carbons (Fsp3) is 0.778. The lowest BCUT2D eigenvalue weighted by Crippen LogP contribution is -2.43. The average Bonchev–Trinajstić information content (AvgIpc) is 2.22. The first-order chi connectivity index (χ1) is 7.23. The van der Waals surface area contributed by atoms with Gasteiger partial charge in [0.15, 0.2) is 9.84 Å². The second kappa shape index (κ2) is 5.83. The molecule has 0 spiro atoms. The maximum atomic E-state index is 11.7. The molecule has 0 aromatic rings. The van der Waals surface area contributed by atoms with Crippen LogP contribution in [0.2, 0.25) is 0 Å². The maximum absolute atomic E-state index is 11.7. The van der Waals surface area contributed by atoms with Crippen LogP contribution in [0.15, 0.2) is 0 Å². The number of amides is 1. The molecule has 0 aromatic heterocycles. The molecule has 6 nitrogen and oxygen atoms in total. The number of rotatable bonds is 5. The van der Waals surface area contributed by atoms with Crippen molar-refractivity contribution in [2.24, 2.45) is 0 Å². The molecule has 0 aromatic carbocycles. The molecule has 0 aliphatic rings. The normalized spacial score (nSPS) is 13.0. The average molecular weight is 251 g/mol. The number of carbonyl (C=O) groups is 2. The zero-order valence-corrected chi connectivity index (χ0v) is 10.7. The Morgan fingerprint density at radius 3 is 2.19 bits per heavy atom. The van der Waals surface area contributed by atoms with Gasteiger partial charge in [0.05, 0.1) is 7.11 Å². The Morgan fingerprint density at radius 2 is 1.88 bits per heavy atom. The minimum Gasteiger partial charge on any atom is -0.468 e. The van der Waals surface area contributed by atoms with Gasteiger partial charge in [0.25, 0.3) is 0 Å². The highest BCUT2D eigenvalue weighted by atomic mass is 32.2. The fourth-order valence-electron chi connectivity index (χ4n) is 1.01. The number of esters is 1. The van der Waals surface area contributed by atoms with Crippen LogP contribution in [0.1, 0.15) is 13.8 Å². The van der Waals surface area contributed by atoms with Gasteiger partial charge in [-0.25, -0.2) is 8.42 Å². The van der Waals surface area contributed by atoms with E-state index >= 15 is 0 Å². The van der Waals surface area contributed by atoms with E-state index in [0.717, 1.165) is 11.2 Å². The van der Waals surface area contributed by atoms with Crippen LogP contribution >= 0.6 is 0 Å². The molecular weight excluding hydrogens is 234 g/mol. The summed E-state index contributed by atoms with van der Waals surface area (Å²) >= 11 is 0. The molecule has 0 N–H and O–H groups in total. The quantitative estimate of drug-likeness (QED) is 0.612. The molecule has 1 unspecified atom stereocenters. The summed E-state index contributed by atoms with van der Waals surface area (Å²) in [7, 11) is -2.23. The number of carbonyl (C=O) groups excluding carboxylic acids is 2. The number of sulfone groups is 1. The molecule has 94 valence electrons. The first kappa shape index (κ1) is 14.9. The van der Waals surface area contributed by atoms with Gasteiger partial charge in [-0.2, -0.15) is 0 Å². The first-order valence-corrected chi connectivity index (χ1v) is 6.74. The Bertz CT molecular complexity index is 362. The van der Waals surface area contributed by atoms with Crippen molar-refractivity contribution in [3.63, 3.8) is 0 Å². The lowest BCUT2D eigenvalue weighted by Gasteiger charge is -2.22. The molecule has 0 rings (SSSR count). The van der Waals surface area contributed by atoms with Crippen molar-refractivity contribution in [1.29, 1.82) is 0 Å². The molecular formula is C9H17NO5S. The van der Waals surface area contributed by atoms with E-state index in [4.69, 9.17) is 0 Å². The zero-order valence-electron chi connectivity index (χ0n) is 9.89. The standard InChI is InChI=1S/C9H17NO5S/c1-5-10(6-8(11)15-3)9(12)7(2)16(4,13)14/h7H,5-6H2,1-4H3. The summed E-state index contributed by atoms with van der Waals surface area (Å²) in [6, 6.07) is 0. The van der Waals surface area contributed by atoms with Gasteiger partial charge in [0, 0.05) is 12.8 Å². The minimum absolute atomic E-state index is 0.230. The molecule has 1 amide bonds. The van der Waals surface area contributed by atoms with Crippen LogP contribution in [0, 0.1) is 0 Å². The Balaban J connectivity index is 4.73. The van der Waals surface area contributed by atoms with Gasteiger partial charge in [0.2, 0.25) is 5.91 Å². The smallest absolute Gasteiger partial charge is 0.325 e. The number of nitrogens with zero attached hydrogens (tertiary/aromatic N) is 1. The molecule has 0 fully saturated rings. The van der Waals surface area contributed by atoms with Crippen molar-refractivity contribution in [3.05, 3.63) is 0 Å². The Labute approximate surface area is 95.5 Å². The van der Waals surface area contributed by atoms with Crippen LogP contribution in [0.3, 0.4) is 0 Å². The fourth-order valence-corrected chi connectivity index (χ4v) is 1.52. The summed E-state index contributed by atoms with van der Waals surface area (Å²) in [6.07, 6.45) is 0.988. The van der Waals surface area contributed by atoms with Crippen molar-refractivity contribution in [2.45, 2.75) is 19.1 Å². The Hall–Kier alpha value is -1.11. The van der Waals surface area contributed by atoms with E-state index in [1.165, 1.54) is 14.0 Å². The molecule has 0 saturated heterocycles. The second-order valence-electron chi connectivity index (χ2n) is 3.40. The summed E-state index contributed by atoms with van der Waals surface area (Å²) < 4.78 is 26.8. The number of likely N-dealkylation sites (N-methyl/N-ethyl adjacent to an activating group) is 1. The van der Waals surface area contributed by atoms with E-state index in [9.17, 15) is 18.0 Å². The highest BCUT2D eigenvalue weighted by molar-refractivity contribution is 7.92. The highest BCUT2D eigenvalue weighted by Crippen LogP contribution is 2.04. The van der Waals surface area contributed by atoms with Gasteiger partial charge in [-0.15, -0.1) is 0 Å². The third kappa shape index (κ3) is 4.18. The van der Waals surface area contributed by atoms with E-state index < -0.39 is 27.0 Å². The molecule has 1 atom stereocenters. The largest absolute Gasteiger partial charge is 0.468 e. The molecule has 0 saturated carbocycles. The van der Waals surface area contributed by atoms with Crippen molar-refractivity contribution < 1.29 is 22.7 Å². The summed E-state index contributed by atoms with van der Waals surface area (Å²) in [5.41, 5.74) is 0. The van der Waals surface area contributed by atoms with Gasteiger partial charge < -0.3 is 9.64 Å². The molecule has 0 heterocycles. The van der Waals surface area contributed by atoms with Crippen molar-refractivity contribution in [1.82, 2.24) is 4.90 Å². The van der Waals surface area contributed by atoms with Crippen molar-refractivity contribution >= 4 is 21.7 Å². The molecule has 0 radical (unpaired) electrons. The van der Waals surface area contributed by atoms with Crippen molar-refractivity contribution in [2.75, 3.05) is 26.5 Å². The number of hydrogen-bond acceptors (Lipinski definition) is 5. The molecule has 7 heteroatoms. The second-order valence-corrected chi connectivity index (χ2v) is 5.77. The molecule has 0 bridgehead atoms. The highest BCUT2D eigenvalue weighted by Gasteiger charge is 2.28. The Morgan fingerprint density at radius 1 is 1.38 bits per heavy atom. The lowest BCUT2D eigenvalue weighted by atomic mass is 10.3. The van der Waals surface area contributed by atoms with Crippen LogP contribution in [0.5, 0.6) is 0 Å². The summed E-state index contributed by atoms with van der Waals surface area (Å²) in [5, 5.41) is -1.14. The predicted octanol–water partition coefficient (Wildman–Crippen LogP) is -0.559. The van der Waals surface area contributed by atoms with Crippen LogP contribution < -0.4 is 0 Å². The van der Waals surface area contributed by atoms with E-state index in [1.54, 1.807) is 6.92 Å². The summed E-state index contributed by atoms with van der Waals surface area (Å²) in [4.78, 5) is 23.9. The lowest BCUT2D eigenvalue weighted by molar-refractivity contribution is -0.146. The number of ether oxygens (including phenoxy) is 1. The van der Waals surface area contributed by atoms with Gasteiger partial charge in [-0.05, 0) is 13.8 Å². The van der Waals surface area contributed by atoms with E-state index in [0.29, 0.717) is 0 Å². The molecule has 16 heavy (non-hydrogen) atoms. The third-order valence-electron chi connectivity index (χ3n) is 2.23. The Kier molecular flexibility index (Phi) is 5.43. The minimum atomic E-state index is -3.44. The third-order valence-corrected chi connectivity index (χ3v) is 3.72. The summed E-state index contributed by atoms with van der Waals surface area (Å²) in [5.74, 6) is -1.16. The van der Waals surface area contributed by atoms with E-state index in [-0.39, 0.29) is 13.1 Å². The van der Waals surface area contributed by atoms with Crippen LogP contribution in [0.4, 0.5) is 0 Å². The SMILES string of the molecule is CCN(CC(=O)OC)C(=O)C(C)S(C)(=O)=O. The van der Waals surface area contributed by atoms with Gasteiger partial charge in [0.1, 0.15) is 11.8 Å². The topological polar surface area (TPSA) is 80.8 Å². The van der Waals surface area contributed by atoms with Crippen LogP contribution in [0.25, 0.3) is 0 Å². The summed E-state index contributed by atoms with van der Waals surface area (Å²) in [6.45, 7) is 2.99. The maximum Gasteiger partial charge on any atom is 0.325 e. The van der Waals surface area contributed by atoms with Crippen LogP contribution in [-0.4, -0.2) is 56.9 Å². The zero-order chi connectivity index (χ0) is 12.9. The van der Waals surface area contributed by atoms with Crippen molar-refractivity contribution in [3.8, 4) is 0 Å². The predicted molar refractivity (Wildman–Crippen MR) is 58.6 cm³/mol.